The van der Waals surface area contributed by atoms with Gasteiger partial charge < -0.3 is 5.32 Å². The quantitative estimate of drug-likeness (QED) is 0.815. The lowest BCUT2D eigenvalue weighted by atomic mass is 10.2. The van der Waals surface area contributed by atoms with Crippen molar-refractivity contribution in [2.75, 3.05) is 12.3 Å². The highest BCUT2D eigenvalue weighted by Gasteiger charge is 2.16. The number of amidine groups is 1. The second kappa shape index (κ2) is 4.61. The molecule has 1 aromatic carbocycles. The van der Waals surface area contributed by atoms with Crippen molar-refractivity contribution in [1.82, 2.24) is 5.32 Å². The third-order valence-corrected chi connectivity index (χ3v) is 2.87. The minimum atomic E-state index is -0.874. The number of carbonyl (C=O) groups is 1. The molecule has 1 heterocycles. The van der Waals surface area contributed by atoms with Crippen molar-refractivity contribution in [2.45, 2.75) is 0 Å². The van der Waals surface area contributed by atoms with Gasteiger partial charge in [0.05, 0.1) is 12.1 Å². The summed E-state index contributed by atoms with van der Waals surface area (Å²) in [7, 11) is 0. The maximum Gasteiger partial charge on any atom is 0.260 e. The molecule has 16 heavy (non-hydrogen) atoms. The van der Waals surface area contributed by atoms with Gasteiger partial charge >= 0.3 is 0 Å². The molecule has 0 aromatic heterocycles. The normalized spacial score (nSPS) is 14.8. The van der Waals surface area contributed by atoms with Crippen LogP contribution < -0.4 is 5.32 Å². The van der Waals surface area contributed by atoms with Crippen LogP contribution in [0.2, 0.25) is 0 Å². The van der Waals surface area contributed by atoms with Crippen LogP contribution in [-0.2, 0) is 0 Å². The van der Waals surface area contributed by atoms with Crippen molar-refractivity contribution in [3.8, 4) is 0 Å². The summed E-state index contributed by atoms with van der Waals surface area (Å²) in [5, 5.41) is 2.95. The molecule has 1 N–H and O–H groups in total. The molecule has 3 nitrogen and oxygen atoms in total. The van der Waals surface area contributed by atoms with Gasteiger partial charge in [0.2, 0.25) is 0 Å². The van der Waals surface area contributed by atoms with Crippen molar-refractivity contribution in [3.63, 3.8) is 0 Å². The van der Waals surface area contributed by atoms with Crippen LogP contribution >= 0.6 is 11.8 Å². The third-order valence-electron chi connectivity index (χ3n) is 1.98. The van der Waals surface area contributed by atoms with Crippen LogP contribution in [0.25, 0.3) is 0 Å². The second-order valence-corrected chi connectivity index (χ2v) is 4.20. The number of hydrogen-bond donors (Lipinski definition) is 1. The molecule has 84 valence electrons. The van der Waals surface area contributed by atoms with E-state index in [0.29, 0.717) is 17.8 Å². The van der Waals surface area contributed by atoms with Crippen LogP contribution in [-0.4, -0.2) is 23.4 Å². The van der Waals surface area contributed by atoms with Crippen molar-refractivity contribution >= 4 is 22.8 Å². The fourth-order valence-electron chi connectivity index (χ4n) is 1.25. The number of rotatable bonds is 1. The number of nitrogens with zero attached hydrogens (tertiary/aromatic N) is 1. The van der Waals surface area contributed by atoms with Gasteiger partial charge in [0, 0.05) is 11.8 Å². The molecule has 0 aliphatic carbocycles. The van der Waals surface area contributed by atoms with Crippen LogP contribution in [0.15, 0.2) is 23.2 Å². The molecule has 0 atom stereocenters. The van der Waals surface area contributed by atoms with Gasteiger partial charge in [-0.1, -0.05) is 11.8 Å². The third kappa shape index (κ3) is 2.38. The number of benzene rings is 1. The van der Waals surface area contributed by atoms with Crippen LogP contribution in [0.5, 0.6) is 0 Å². The van der Waals surface area contributed by atoms with E-state index in [1.807, 2.05) is 0 Å². The number of aliphatic imine (C=N–C) groups is 1. The molecule has 0 fully saturated rings. The van der Waals surface area contributed by atoms with Crippen LogP contribution in [0.4, 0.5) is 8.78 Å². The summed E-state index contributed by atoms with van der Waals surface area (Å²) in [5.74, 6) is -1.38. The van der Waals surface area contributed by atoms with E-state index in [1.165, 1.54) is 11.8 Å². The Hall–Kier alpha value is -1.43. The van der Waals surface area contributed by atoms with Gasteiger partial charge in [-0.2, -0.15) is 0 Å². The lowest BCUT2D eigenvalue weighted by Gasteiger charge is -2.04. The first-order valence-electron chi connectivity index (χ1n) is 4.60. The van der Waals surface area contributed by atoms with Gasteiger partial charge in [-0.05, 0) is 12.1 Å². The molecule has 1 aromatic rings. The summed E-state index contributed by atoms with van der Waals surface area (Å²) in [6.45, 7) is 0.645. The Labute approximate surface area is 94.9 Å². The van der Waals surface area contributed by atoms with Crippen molar-refractivity contribution < 1.29 is 13.6 Å². The van der Waals surface area contributed by atoms with E-state index in [-0.39, 0.29) is 5.56 Å². The number of halogens is 2. The molecule has 1 amide bonds. The van der Waals surface area contributed by atoms with E-state index in [9.17, 15) is 13.6 Å². The lowest BCUT2D eigenvalue weighted by Crippen LogP contribution is -2.28. The minimum absolute atomic E-state index is 0.184. The van der Waals surface area contributed by atoms with E-state index in [1.54, 1.807) is 0 Å². The topological polar surface area (TPSA) is 41.5 Å². The summed E-state index contributed by atoms with van der Waals surface area (Å²) < 4.78 is 25.8. The van der Waals surface area contributed by atoms with E-state index in [4.69, 9.17) is 0 Å². The molecule has 1 aliphatic rings. The van der Waals surface area contributed by atoms with Gasteiger partial charge in [-0.15, -0.1) is 0 Å². The van der Waals surface area contributed by atoms with E-state index >= 15 is 0 Å². The Bertz CT molecular complexity index is 462. The monoisotopic (exact) mass is 242 g/mol. The average molecular weight is 242 g/mol. The Morgan fingerprint density at radius 1 is 1.44 bits per heavy atom. The Balaban J connectivity index is 2.14. The maximum atomic E-state index is 13.2. The van der Waals surface area contributed by atoms with Gasteiger partial charge in [-0.25, -0.2) is 8.78 Å². The SMILES string of the molecule is O=C(NC1=NCCS1)c1ccc(F)cc1F. The molecule has 0 bridgehead atoms. The molecular weight excluding hydrogens is 234 g/mol. The van der Waals surface area contributed by atoms with Crippen LogP contribution in [0.1, 0.15) is 10.4 Å². The van der Waals surface area contributed by atoms with E-state index in [2.05, 4.69) is 10.3 Å². The summed E-state index contributed by atoms with van der Waals surface area (Å²) in [6, 6.07) is 2.83. The Kier molecular flexibility index (Phi) is 3.19. The van der Waals surface area contributed by atoms with Crippen LogP contribution in [0.3, 0.4) is 0 Å². The molecular formula is C10H8F2N2OS. The fourth-order valence-corrected chi connectivity index (χ4v) is 1.97. The number of thioether (sulfide) groups is 1. The highest BCUT2D eigenvalue weighted by molar-refractivity contribution is 8.14. The van der Waals surface area contributed by atoms with Crippen molar-refractivity contribution in [2.24, 2.45) is 4.99 Å². The molecule has 0 saturated carbocycles. The van der Waals surface area contributed by atoms with E-state index in [0.717, 1.165) is 17.9 Å². The smallest absolute Gasteiger partial charge is 0.260 e. The summed E-state index contributed by atoms with van der Waals surface area (Å²) in [6.07, 6.45) is 0. The number of hydrogen-bond acceptors (Lipinski definition) is 3. The molecule has 0 radical (unpaired) electrons. The van der Waals surface area contributed by atoms with Gasteiger partial charge in [0.15, 0.2) is 5.17 Å². The van der Waals surface area contributed by atoms with Gasteiger partial charge in [-0.3, -0.25) is 9.79 Å². The second-order valence-electron chi connectivity index (χ2n) is 3.11. The first-order chi connectivity index (χ1) is 7.66. The van der Waals surface area contributed by atoms with E-state index < -0.39 is 17.5 Å². The first-order valence-corrected chi connectivity index (χ1v) is 5.59. The number of carbonyl (C=O) groups excluding carboxylic acids is 1. The number of amides is 1. The average Bonchev–Trinajstić information content (AvgIpc) is 2.70. The number of nitrogens with one attached hydrogen (secondary N) is 1. The standard InChI is InChI=1S/C10H8F2N2OS/c11-6-1-2-7(8(12)5-6)9(15)14-10-13-3-4-16-10/h1-2,5H,3-4H2,(H,13,14,15). The molecule has 0 unspecified atom stereocenters. The molecule has 1 aliphatic heterocycles. The van der Waals surface area contributed by atoms with Crippen molar-refractivity contribution in [3.05, 3.63) is 35.4 Å². The minimum Gasteiger partial charge on any atom is -0.301 e. The summed E-state index contributed by atoms with van der Waals surface area (Å²) >= 11 is 1.40. The Morgan fingerprint density at radius 2 is 2.25 bits per heavy atom. The highest BCUT2D eigenvalue weighted by Crippen LogP contribution is 2.12. The zero-order chi connectivity index (χ0) is 11.5. The van der Waals surface area contributed by atoms with Gasteiger partial charge in [0.1, 0.15) is 11.6 Å². The molecule has 0 saturated heterocycles. The highest BCUT2D eigenvalue weighted by atomic mass is 32.2. The van der Waals surface area contributed by atoms with Crippen molar-refractivity contribution in [1.29, 1.82) is 0 Å². The predicted molar refractivity (Wildman–Crippen MR) is 58.6 cm³/mol. The summed E-state index contributed by atoms with van der Waals surface area (Å²) in [4.78, 5) is 15.6. The maximum absolute atomic E-state index is 13.2. The molecule has 6 heteroatoms. The largest absolute Gasteiger partial charge is 0.301 e. The zero-order valence-corrected chi connectivity index (χ0v) is 8.98. The Morgan fingerprint density at radius 3 is 2.88 bits per heavy atom. The summed E-state index contributed by atoms with van der Waals surface area (Å²) in [5.41, 5.74) is -0.184. The lowest BCUT2D eigenvalue weighted by molar-refractivity contribution is 0.0974. The van der Waals surface area contributed by atoms with Crippen LogP contribution in [0, 0.1) is 11.6 Å². The predicted octanol–water partition coefficient (Wildman–Crippen LogP) is 1.80. The molecule has 2 rings (SSSR count). The fraction of sp³-hybridized carbons (Fsp3) is 0.200. The molecule has 0 spiro atoms. The first kappa shape index (κ1) is 11.1. The zero-order valence-electron chi connectivity index (χ0n) is 8.17. The van der Waals surface area contributed by atoms with Gasteiger partial charge in [0.25, 0.3) is 5.91 Å².